The zero-order valence-electron chi connectivity index (χ0n) is 20.3. The van der Waals surface area contributed by atoms with Crippen LogP contribution in [0, 0.1) is 5.41 Å². The molecule has 7 nitrogen and oxygen atoms in total. The Balaban J connectivity index is 1.43. The van der Waals surface area contributed by atoms with Crippen LogP contribution in [0.25, 0.3) is 5.83 Å². The zero-order valence-corrected chi connectivity index (χ0v) is 21.8. The number of ether oxygens (including phenoxy) is 2. The highest BCUT2D eigenvalue weighted by atomic mass is 35.5. The van der Waals surface area contributed by atoms with Crippen LogP contribution < -0.4 is 15.8 Å². The second-order valence-corrected chi connectivity index (χ2v) is 9.55. The predicted molar refractivity (Wildman–Crippen MR) is 145 cm³/mol. The van der Waals surface area contributed by atoms with E-state index in [2.05, 4.69) is 15.3 Å². The van der Waals surface area contributed by atoms with Crippen molar-refractivity contribution in [3.8, 4) is 5.75 Å². The average Bonchev–Trinajstić information content (AvgIpc) is 2.89. The summed E-state index contributed by atoms with van der Waals surface area (Å²) in [6, 6.07) is 8.69. The second-order valence-electron chi connectivity index (χ2n) is 8.74. The van der Waals surface area contributed by atoms with Crippen molar-refractivity contribution in [3.05, 3.63) is 87.4 Å². The van der Waals surface area contributed by atoms with Gasteiger partial charge in [-0.25, -0.2) is 4.39 Å². The van der Waals surface area contributed by atoms with E-state index in [4.69, 9.17) is 43.8 Å². The van der Waals surface area contributed by atoms with Gasteiger partial charge in [0, 0.05) is 72.8 Å². The number of aromatic nitrogens is 2. The first kappa shape index (κ1) is 27.0. The number of anilines is 1. The molecule has 1 fully saturated rings. The third-order valence-electron chi connectivity index (χ3n) is 6.09. The maximum atomic E-state index is 15.0. The van der Waals surface area contributed by atoms with E-state index in [0.717, 1.165) is 37.8 Å². The van der Waals surface area contributed by atoms with Crippen LogP contribution in [0.2, 0.25) is 10.0 Å². The Bertz CT molecular complexity index is 1260. The highest BCUT2D eigenvalue weighted by Gasteiger charge is 2.17. The van der Waals surface area contributed by atoms with Gasteiger partial charge in [0.05, 0.1) is 21.5 Å². The molecule has 0 unspecified atom stereocenters. The van der Waals surface area contributed by atoms with Gasteiger partial charge < -0.3 is 25.9 Å². The molecule has 0 bridgehead atoms. The Morgan fingerprint density at radius 1 is 1.22 bits per heavy atom. The largest absolute Gasteiger partial charge is 0.486 e. The molecule has 1 aromatic carbocycles. The molecule has 3 heterocycles. The van der Waals surface area contributed by atoms with Crippen molar-refractivity contribution in [2.24, 2.45) is 0 Å². The zero-order chi connectivity index (χ0) is 26.4. The van der Waals surface area contributed by atoms with E-state index >= 15 is 0 Å². The molecule has 0 spiro atoms. The molecule has 1 atom stereocenters. The highest BCUT2D eigenvalue weighted by molar-refractivity contribution is 6.35. The summed E-state index contributed by atoms with van der Waals surface area (Å²) in [6.07, 6.45) is 7.01. The number of nitrogen functional groups attached to an aromatic ring is 1. The third-order valence-corrected chi connectivity index (χ3v) is 6.69. The predicted octanol–water partition coefficient (Wildman–Crippen LogP) is 6.15. The van der Waals surface area contributed by atoms with Gasteiger partial charge in [0.2, 0.25) is 0 Å². The van der Waals surface area contributed by atoms with Gasteiger partial charge in [-0.05, 0) is 50.1 Å². The minimum atomic E-state index is -0.587. The topological polar surface area (TPSA) is 106 Å². The molecular weight excluding hydrogens is 516 g/mol. The third kappa shape index (κ3) is 7.05. The molecule has 0 amide bonds. The summed E-state index contributed by atoms with van der Waals surface area (Å²) in [5.41, 5.74) is 8.33. The van der Waals surface area contributed by atoms with Gasteiger partial charge in [-0.1, -0.05) is 23.2 Å². The molecule has 0 aliphatic carbocycles. The molecule has 1 saturated heterocycles. The first-order chi connectivity index (χ1) is 17.8. The maximum absolute atomic E-state index is 15.0. The maximum Gasteiger partial charge on any atom is 0.134 e. The number of nitrogens with zero attached hydrogens (tertiary/aromatic N) is 2. The Hall–Kier alpha value is -3.04. The van der Waals surface area contributed by atoms with Crippen molar-refractivity contribution in [2.75, 3.05) is 18.9 Å². The second kappa shape index (κ2) is 12.5. The van der Waals surface area contributed by atoms with Crippen LogP contribution >= 0.6 is 23.2 Å². The van der Waals surface area contributed by atoms with Gasteiger partial charge in [-0.3, -0.25) is 9.97 Å². The molecule has 1 aliphatic heterocycles. The number of nitrogens with two attached hydrogens (primary N) is 1. The van der Waals surface area contributed by atoms with E-state index < -0.39 is 11.9 Å². The number of benzene rings is 1. The van der Waals surface area contributed by atoms with Crippen molar-refractivity contribution >= 4 is 40.4 Å². The lowest BCUT2D eigenvalue weighted by Crippen LogP contribution is -2.34. The molecule has 0 radical (unpaired) electrons. The molecule has 2 aromatic heterocycles. The van der Waals surface area contributed by atoms with Crippen LogP contribution in [-0.2, 0) is 11.3 Å². The number of nitrogens with one attached hydrogen (secondary N) is 2. The lowest BCUT2D eigenvalue weighted by Gasteiger charge is -2.23. The number of halogens is 3. The van der Waals surface area contributed by atoms with Crippen LogP contribution in [0.5, 0.6) is 5.75 Å². The van der Waals surface area contributed by atoms with Crippen LogP contribution in [0.15, 0.2) is 55.0 Å². The minimum Gasteiger partial charge on any atom is -0.486 e. The number of rotatable bonds is 9. The summed E-state index contributed by atoms with van der Waals surface area (Å²) in [7, 11) is 0. The van der Waals surface area contributed by atoms with Crippen molar-refractivity contribution in [1.29, 1.82) is 5.41 Å². The first-order valence-corrected chi connectivity index (χ1v) is 12.6. The normalized spacial score (nSPS) is 15.4. The Morgan fingerprint density at radius 3 is 2.62 bits per heavy atom. The fourth-order valence-electron chi connectivity index (χ4n) is 4.02. The van der Waals surface area contributed by atoms with Gasteiger partial charge in [-0.15, -0.1) is 0 Å². The fraction of sp³-hybridized carbons (Fsp3) is 0.296. The van der Waals surface area contributed by atoms with Crippen molar-refractivity contribution in [3.63, 3.8) is 0 Å². The standard InChI is InChI=1S/C27H28Cl2FN5O2/c1-16(27-22(28)14-33-15-23(27)29)37-20-4-5-25(31)21(10-20)26(32)11-24(30)17-2-3-19(34-12-17)13-35-18-6-8-36-9-7-18/h2-5,10-12,14-16,18,32,35H,6-9,13,31H2,1H3/b24-11-,32-26?/t16-/m1/s1. The lowest BCUT2D eigenvalue weighted by molar-refractivity contribution is 0.0775. The van der Waals surface area contributed by atoms with E-state index in [0.29, 0.717) is 45.2 Å². The van der Waals surface area contributed by atoms with Crippen LogP contribution in [0.3, 0.4) is 0 Å². The monoisotopic (exact) mass is 543 g/mol. The van der Waals surface area contributed by atoms with Crippen molar-refractivity contribution in [1.82, 2.24) is 15.3 Å². The smallest absolute Gasteiger partial charge is 0.134 e. The summed E-state index contributed by atoms with van der Waals surface area (Å²) in [5.74, 6) is -0.155. The fourth-order valence-corrected chi connectivity index (χ4v) is 4.70. The van der Waals surface area contributed by atoms with E-state index in [1.807, 2.05) is 0 Å². The van der Waals surface area contributed by atoms with Gasteiger partial charge >= 0.3 is 0 Å². The first-order valence-electron chi connectivity index (χ1n) is 11.9. The number of pyridine rings is 2. The molecular formula is C27H28Cl2FN5O2. The quantitative estimate of drug-likeness (QED) is 0.220. The number of allylic oxidation sites excluding steroid dienone is 1. The van der Waals surface area contributed by atoms with E-state index in [1.165, 1.54) is 18.6 Å². The average molecular weight is 544 g/mol. The van der Waals surface area contributed by atoms with Crippen molar-refractivity contribution in [2.45, 2.75) is 38.5 Å². The van der Waals surface area contributed by atoms with Gasteiger partial charge in [0.1, 0.15) is 17.7 Å². The van der Waals surface area contributed by atoms with E-state index in [1.54, 1.807) is 37.3 Å². The molecule has 194 valence electrons. The van der Waals surface area contributed by atoms with Crippen LogP contribution in [0.1, 0.15) is 48.3 Å². The lowest BCUT2D eigenvalue weighted by atomic mass is 10.1. The summed E-state index contributed by atoms with van der Waals surface area (Å²) in [5, 5.41) is 12.7. The summed E-state index contributed by atoms with van der Waals surface area (Å²) < 4.78 is 26.3. The van der Waals surface area contributed by atoms with Gasteiger partial charge in [-0.2, -0.15) is 0 Å². The van der Waals surface area contributed by atoms with Gasteiger partial charge in [0.25, 0.3) is 0 Å². The molecule has 3 aromatic rings. The Labute approximate surface area is 225 Å². The summed E-state index contributed by atoms with van der Waals surface area (Å²) in [4.78, 5) is 8.31. The molecule has 1 aliphatic rings. The summed E-state index contributed by atoms with van der Waals surface area (Å²) >= 11 is 12.5. The highest BCUT2D eigenvalue weighted by Crippen LogP contribution is 2.33. The number of hydrogen-bond donors (Lipinski definition) is 3. The van der Waals surface area contributed by atoms with E-state index in [9.17, 15) is 4.39 Å². The summed E-state index contributed by atoms with van der Waals surface area (Å²) in [6.45, 7) is 3.92. The van der Waals surface area contributed by atoms with Crippen LogP contribution in [-0.4, -0.2) is 34.9 Å². The minimum absolute atomic E-state index is 0.0988. The Morgan fingerprint density at radius 2 is 1.95 bits per heavy atom. The molecule has 10 heteroatoms. The molecule has 37 heavy (non-hydrogen) atoms. The molecule has 4 rings (SSSR count). The Kier molecular flexibility index (Phi) is 9.10. The number of hydrogen-bond acceptors (Lipinski definition) is 7. The molecule has 0 saturated carbocycles. The van der Waals surface area contributed by atoms with Gasteiger partial charge in [0.15, 0.2) is 0 Å². The van der Waals surface area contributed by atoms with E-state index in [-0.39, 0.29) is 11.3 Å². The van der Waals surface area contributed by atoms with Crippen LogP contribution in [0.4, 0.5) is 10.1 Å². The molecule has 4 N–H and O–H groups in total. The van der Waals surface area contributed by atoms with Crippen molar-refractivity contribution < 1.29 is 13.9 Å². The SMILES string of the molecule is C[C@@H](Oc1ccc(N)c(C(=N)/C=C(\F)c2ccc(CNC3CCOCC3)nc2)c1)c1c(Cl)cncc1Cl.